The van der Waals surface area contributed by atoms with Crippen molar-refractivity contribution in [3.05, 3.63) is 51.7 Å². The average molecular weight is 392 g/mol. The van der Waals surface area contributed by atoms with E-state index in [2.05, 4.69) is 20.6 Å². The highest BCUT2D eigenvalue weighted by atomic mass is 32.1. The Morgan fingerprint density at radius 1 is 1.33 bits per heavy atom. The summed E-state index contributed by atoms with van der Waals surface area (Å²) in [6.07, 6.45) is 1.23. The Morgan fingerprint density at radius 3 is 2.78 bits per heavy atom. The van der Waals surface area contributed by atoms with Crippen LogP contribution >= 0.6 is 11.3 Å². The van der Waals surface area contributed by atoms with Crippen LogP contribution in [-0.2, 0) is 22.6 Å². The van der Waals surface area contributed by atoms with Crippen molar-refractivity contribution in [3.8, 4) is 0 Å². The van der Waals surface area contributed by atoms with Gasteiger partial charge >= 0.3 is 0 Å². The summed E-state index contributed by atoms with van der Waals surface area (Å²) < 4.78 is 18.4. The molecule has 1 fully saturated rings. The average Bonchev–Trinajstić information content (AvgIpc) is 3.13. The number of ether oxygens (including phenoxy) is 1. The van der Waals surface area contributed by atoms with E-state index in [1.165, 1.54) is 12.1 Å². The maximum atomic E-state index is 13.1. The van der Waals surface area contributed by atoms with E-state index in [1.54, 1.807) is 23.5 Å². The van der Waals surface area contributed by atoms with Gasteiger partial charge in [0.1, 0.15) is 10.8 Å². The summed E-state index contributed by atoms with van der Waals surface area (Å²) in [7, 11) is 0. The topological polar surface area (TPSA) is 54.5 Å². The number of hydrogen-bond donors (Lipinski definition) is 1. The summed E-state index contributed by atoms with van der Waals surface area (Å²) in [5.41, 5.74) is 2.04. The number of thiazole rings is 1. The number of hydrogen-bond acceptors (Lipinski definition) is 5. The number of rotatable bonds is 8. The third-order valence-electron chi connectivity index (χ3n) is 4.79. The molecule has 7 heteroatoms. The van der Waals surface area contributed by atoms with Crippen LogP contribution in [-0.4, -0.2) is 42.1 Å². The molecule has 1 aromatic heterocycles. The minimum atomic E-state index is -0.255. The molecule has 146 valence electrons. The van der Waals surface area contributed by atoms with Crippen molar-refractivity contribution in [3.63, 3.8) is 0 Å². The number of carbonyl (C=O) groups is 1. The third-order valence-corrected chi connectivity index (χ3v) is 5.69. The fourth-order valence-corrected chi connectivity index (χ4v) is 3.92. The molecule has 0 radical (unpaired) electrons. The van der Waals surface area contributed by atoms with Crippen LogP contribution in [0.1, 0.15) is 41.9 Å². The number of halogens is 1. The monoisotopic (exact) mass is 391 g/mol. The number of nitrogens with one attached hydrogen (secondary N) is 1. The molecule has 1 aromatic carbocycles. The van der Waals surface area contributed by atoms with Crippen LogP contribution in [0.2, 0.25) is 0 Å². The maximum absolute atomic E-state index is 13.1. The number of morpholine rings is 1. The van der Waals surface area contributed by atoms with Crippen LogP contribution in [0.3, 0.4) is 0 Å². The molecule has 27 heavy (non-hydrogen) atoms. The molecule has 0 spiro atoms. The molecule has 0 aliphatic carbocycles. The molecule has 0 saturated carbocycles. The first-order valence-corrected chi connectivity index (χ1v) is 10.3. The second-order valence-electron chi connectivity index (χ2n) is 6.76. The second kappa shape index (κ2) is 9.92. The van der Waals surface area contributed by atoms with Gasteiger partial charge in [0.2, 0.25) is 5.91 Å². The van der Waals surface area contributed by atoms with E-state index in [9.17, 15) is 9.18 Å². The molecule has 2 heterocycles. The largest absolute Gasteiger partial charge is 0.379 e. The first kappa shape index (κ1) is 19.9. The van der Waals surface area contributed by atoms with Gasteiger partial charge in [-0.3, -0.25) is 9.69 Å². The summed E-state index contributed by atoms with van der Waals surface area (Å²) >= 11 is 1.58. The molecule has 1 aliphatic rings. The number of aromatic nitrogens is 1. The second-order valence-corrected chi connectivity index (χ2v) is 7.70. The Labute approximate surface area is 163 Å². The predicted octanol–water partition coefficient (Wildman–Crippen LogP) is 3.31. The summed E-state index contributed by atoms with van der Waals surface area (Å²) in [5, 5.41) is 5.94. The summed E-state index contributed by atoms with van der Waals surface area (Å²) in [4.78, 5) is 19.3. The summed E-state index contributed by atoms with van der Waals surface area (Å²) in [5.74, 6) is -0.162. The lowest BCUT2D eigenvalue weighted by atomic mass is 9.93. The smallest absolute Gasteiger partial charge is 0.220 e. The highest BCUT2D eigenvalue weighted by molar-refractivity contribution is 7.09. The van der Waals surface area contributed by atoms with Gasteiger partial charge in [-0.2, -0.15) is 0 Å². The van der Waals surface area contributed by atoms with Gasteiger partial charge in [0.15, 0.2) is 0 Å². The lowest BCUT2D eigenvalue weighted by Crippen LogP contribution is -2.35. The van der Waals surface area contributed by atoms with Crippen molar-refractivity contribution in [1.29, 1.82) is 0 Å². The normalized spacial score (nSPS) is 16.2. The van der Waals surface area contributed by atoms with Crippen molar-refractivity contribution in [2.24, 2.45) is 0 Å². The van der Waals surface area contributed by atoms with Gasteiger partial charge < -0.3 is 10.1 Å². The van der Waals surface area contributed by atoms with Crippen LogP contribution in [0.15, 0.2) is 29.6 Å². The van der Waals surface area contributed by atoms with Gasteiger partial charge in [-0.1, -0.05) is 19.1 Å². The molecule has 1 atom stereocenters. The van der Waals surface area contributed by atoms with Crippen LogP contribution in [0.5, 0.6) is 0 Å². The summed E-state index contributed by atoms with van der Waals surface area (Å²) in [6, 6.07) is 6.41. The van der Waals surface area contributed by atoms with E-state index in [4.69, 9.17) is 4.74 Å². The van der Waals surface area contributed by atoms with Crippen molar-refractivity contribution in [2.75, 3.05) is 26.3 Å². The van der Waals surface area contributed by atoms with E-state index in [0.717, 1.165) is 55.5 Å². The Morgan fingerprint density at radius 2 is 2.07 bits per heavy atom. The molecule has 3 rings (SSSR count). The number of benzene rings is 1. The zero-order valence-corrected chi connectivity index (χ0v) is 16.4. The Hall–Kier alpha value is -1.83. The van der Waals surface area contributed by atoms with Crippen LogP contribution < -0.4 is 5.32 Å². The molecule has 1 aliphatic heterocycles. The van der Waals surface area contributed by atoms with Crippen molar-refractivity contribution < 1.29 is 13.9 Å². The predicted molar refractivity (Wildman–Crippen MR) is 104 cm³/mol. The first-order valence-electron chi connectivity index (χ1n) is 9.39. The van der Waals surface area contributed by atoms with Crippen molar-refractivity contribution in [2.45, 2.75) is 38.8 Å². The van der Waals surface area contributed by atoms with Crippen molar-refractivity contribution >= 4 is 17.2 Å². The number of nitrogens with zero attached hydrogens (tertiary/aromatic N) is 2. The minimum Gasteiger partial charge on any atom is -0.379 e. The van der Waals surface area contributed by atoms with Gasteiger partial charge in [0.25, 0.3) is 0 Å². The van der Waals surface area contributed by atoms with Gasteiger partial charge in [0, 0.05) is 31.4 Å². The Balaban J connectivity index is 1.46. The number of amides is 1. The fraction of sp³-hybridized carbons (Fsp3) is 0.500. The third kappa shape index (κ3) is 6.09. The molecule has 0 bridgehead atoms. The molecule has 1 unspecified atom stereocenters. The van der Waals surface area contributed by atoms with Crippen LogP contribution in [0.25, 0.3) is 0 Å². The van der Waals surface area contributed by atoms with Crippen LogP contribution in [0.4, 0.5) is 4.39 Å². The van der Waals surface area contributed by atoms with Crippen molar-refractivity contribution in [1.82, 2.24) is 15.2 Å². The number of carbonyl (C=O) groups excluding carboxylic acids is 1. The Bertz CT molecular complexity index is 729. The van der Waals surface area contributed by atoms with E-state index in [1.807, 2.05) is 6.92 Å². The zero-order valence-electron chi connectivity index (χ0n) is 15.6. The van der Waals surface area contributed by atoms with E-state index in [-0.39, 0.29) is 17.6 Å². The van der Waals surface area contributed by atoms with E-state index < -0.39 is 0 Å². The molecular formula is C20H26FN3O2S. The van der Waals surface area contributed by atoms with Gasteiger partial charge in [-0.25, -0.2) is 9.37 Å². The standard InChI is InChI=1S/C20H26FN3O2S/c1-2-15(16-3-5-17(21)6-4-16)11-19(25)22-12-20-23-18(14-27-20)13-24-7-9-26-10-8-24/h3-6,14-15H,2,7-13H2,1H3,(H,22,25). The zero-order chi connectivity index (χ0) is 19.1. The summed E-state index contributed by atoms with van der Waals surface area (Å²) in [6.45, 7) is 6.75. The molecule has 1 amide bonds. The lowest BCUT2D eigenvalue weighted by Gasteiger charge is -2.25. The molecule has 1 N–H and O–H groups in total. The van der Waals surface area contributed by atoms with Gasteiger partial charge in [-0.05, 0) is 30.0 Å². The van der Waals surface area contributed by atoms with Gasteiger partial charge in [0.05, 0.1) is 25.5 Å². The van der Waals surface area contributed by atoms with E-state index >= 15 is 0 Å². The minimum absolute atomic E-state index is 0.00361. The molecular weight excluding hydrogens is 365 g/mol. The SMILES string of the molecule is CCC(CC(=O)NCc1nc(CN2CCOCC2)cs1)c1ccc(F)cc1. The molecule has 1 saturated heterocycles. The van der Waals surface area contributed by atoms with Crippen LogP contribution in [0, 0.1) is 5.82 Å². The highest BCUT2D eigenvalue weighted by Gasteiger charge is 2.16. The first-order chi connectivity index (χ1) is 13.1. The maximum Gasteiger partial charge on any atom is 0.220 e. The Kier molecular flexibility index (Phi) is 7.32. The van der Waals surface area contributed by atoms with Gasteiger partial charge in [-0.15, -0.1) is 11.3 Å². The highest BCUT2D eigenvalue weighted by Crippen LogP contribution is 2.23. The van der Waals surface area contributed by atoms with E-state index in [0.29, 0.717) is 13.0 Å². The molecule has 5 nitrogen and oxygen atoms in total. The lowest BCUT2D eigenvalue weighted by molar-refractivity contribution is -0.121. The fourth-order valence-electron chi connectivity index (χ4n) is 3.19. The molecule has 2 aromatic rings. The quantitative estimate of drug-likeness (QED) is 0.750.